The van der Waals surface area contributed by atoms with Crippen LogP contribution in [-0.4, -0.2) is 4.98 Å². The topological polar surface area (TPSA) is 51.2 Å². The van der Waals surface area contributed by atoms with Crippen LogP contribution in [0.15, 0.2) is 124 Å². The zero-order chi connectivity index (χ0) is 23.2. The van der Waals surface area contributed by atoms with Crippen LogP contribution in [0.2, 0.25) is 0 Å². The molecule has 0 aliphatic heterocycles. The van der Waals surface area contributed by atoms with Crippen LogP contribution in [0.1, 0.15) is 0 Å². The van der Waals surface area contributed by atoms with Gasteiger partial charge in [0.15, 0.2) is 5.58 Å². The van der Waals surface area contributed by atoms with Crippen molar-refractivity contribution >= 4 is 44.4 Å². The number of hydrogen-bond acceptors (Lipinski definition) is 4. The van der Waals surface area contributed by atoms with E-state index in [9.17, 15) is 0 Å². The van der Waals surface area contributed by atoms with E-state index in [-0.39, 0.29) is 0 Å². The molecule has 35 heavy (non-hydrogen) atoms. The predicted octanol–water partition coefficient (Wildman–Crippen LogP) is 8.80. The van der Waals surface area contributed by atoms with Gasteiger partial charge >= 0.3 is 0 Å². The summed E-state index contributed by atoms with van der Waals surface area (Å²) in [4.78, 5) is 4.67. The average molecular weight is 453 g/mol. The molecule has 0 spiro atoms. The van der Waals surface area contributed by atoms with Gasteiger partial charge in [0.05, 0.1) is 5.69 Å². The van der Waals surface area contributed by atoms with E-state index < -0.39 is 0 Å². The van der Waals surface area contributed by atoms with Crippen LogP contribution in [0.3, 0.4) is 0 Å². The molecule has 0 unspecified atom stereocenters. The van der Waals surface area contributed by atoms with Gasteiger partial charge in [-0.1, -0.05) is 60.7 Å². The maximum atomic E-state index is 6.14. The third-order valence-corrected chi connectivity index (χ3v) is 6.31. The molecular weight excluding hydrogens is 432 g/mol. The molecule has 0 radical (unpaired) electrons. The second kappa shape index (κ2) is 7.89. The monoisotopic (exact) mass is 452 g/mol. The van der Waals surface area contributed by atoms with Crippen LogP contribution in [0.5, 0.6) is 0 Å². The third kappa shape index (κ3) is 3.44. The number of rotatable bonds is 4. The maximum Gasteiger partial charge on any atom is 0.227 e. The van der Waals surface area contributed by atoms with Crippen LogP contribution in [0, 0.1) is 0 Å². The quantitative estimate of drug-likeness (QED) is 0.290. The van der Waals surface area contributed by atoms with Gasteiger partial charge in [-0.05, 0) is 65.7 Å². The van der Waals surface area contributed by atoms with Gasteiger partial charge in [0, 0.05) is 22.0 Å². The van der Waals surface area contributed by atoms with Crippen molar-refractivity contribution in [3.63, 3.8) is 0 Å². The maximum absolute atomic E-state index is 6.14. The molecule has 0 aliphatic rings. The molecule has 0 atom stereocenters. The van der Waals surface area contributed by atoms with Crippen molar-refractivity contribution in [1.82, 2.24) is 4.98 Å². The Morgan fingerprint density at radius 1 is 0.543 bits per heavy atom. The molecule has 0 saturated heterocycles. The molecule has 2 heterocycles. The molecular formula is C31H20N2O2. The number of furan rings is 1. The standard InChI is InChI=1S/C31H20N2O2/c1-2-7-21(8-3-1)31-33-27-11-6-10-26(30(27)35-31)32-23-16-13-20(14-17-23)22-15-18-29-25(19-22)24-9-4-5-12-28(24)34-29/h1-19,32H. The second-order valence-corrected chi connectivity index (χ2v) is 8.55. The van der Waals surface area contributed by atoms with E-state index in [1.165, 1.54) is 0 Å². The predicted molar refractivity (Wildman–Crippen MR) is 142 cm³/mol. The van der Waals surface area contributed by atoms with Gasteiger partial charge in [0.25, 0.3) is 0 Å². The summed E-state index contributed by atoms with van der Waals surface area (Å²) in [5.74, 6) is 0.618. The Balaban J connectivity index is 1.20. The largest absolute Gasteiger partial charge is 0.456 e. The van der Waals surface area contributed by atoms with E-state index in [1.54, 1.807) is 0 Å². The van der Waals surface area contributed by atoms with E-state index in [0.29, 0.717) is 5.89 Å². The fourth-order valence-corrected chi connectivity index (χ4v) is 4.56. The number of oxazole rings is 1. The van der Waals surface area contributed by atoms with E-state index >= 15 is 0 Å². The van der Waals surface area contributed by atoms with Gasteiger partial charge in [-0.15, -0.1) is 0 Å². The third-order valence-electron chi connectivity index (χ3n) is 6.31. The number of nitrogens with one attached hydrogen (secondary N) is 1. The summed E-state index contributed by atoms with van der Waals surface area (Å²) in [5, 5.41) is 5.76. The molecule has 4 heteroatoms. The first-order valence-electron chi connectivity index (χ1n) is 11.6. The molecule has 0 saturated carbocycles. The van der Waals surface area contributed by atoms with E-state index in [1.807, 2.05) is 72.8 Å². The molecule has 0 aliphatic carbocycles. The Labute approximate surface area is 201 Å². The van der Waals surface area contributed by atoms with Crippen molar-refractivity contribution < 1.29 is 8.83 Å². The molecule has 4 nitrogen and oxygen atoms in total. The lowest BCUT2D eigenvalue weighted by Gasteiger charge is -2.08. The SMILES string of the molecule is c1ccc(-c2nc3cccc(Nc4ccc(-c5ccc6oc7ccccc7c6c5)cc4)c3o2)cc1. The summed E-state index contributed by atoms with van der Waals surface area (Å²) in [6.07, 6.45) is 0. The summed E-state index contributed by atoms with van der Waals surface area (Å²) in [6.45, 7) is 0. The van der Waals surface area contributed by atoms with Crippen molar-refractivity contribution in [2.75, 3.05) is 5.32 Å². The van der Waals surface area contributed by atoms with Crippen LogP contribution in [0.4, 0.5) is 11.4 Å². The summed E-state index contributed by atoms with van der Waals surface area (Å²) in [6, 6.07) is 38.8. The highest BCUT2D eigenvalue weighted by molar-refractivity contribution is 6.06. The Kier molecular flexibility index (Phi) is 4.42. The molecule has 7 aromatic rings. The zero-order valence-corrected chi connectivity index (χ0v) is 18.7. The fourth-order valence-electron chi connectivity index (χ4n) is 4.56. The molecule has 0 amide bonds. The van der Waals surface area contributed by atoms with Gasteiger partial charge in [-0.2, -0.15) is 0 Å². The summed E-state index contributed by atoms with van der Waals surface area (Å²) >= 11 is 0. The van der Waals surface area contributed by atoms with E-state index in [2.05, 4.69) is 52.8 Å². The lowest BCUT2D eigenvalue weighted by Crippen LogP contribution is -1.90. The summed E-state index contributed by atoms with van der Waals surface area (Å²) in [5.41, 5.74) is 8.51. The average Bonchev–Trinajstić information content (AvgIpc) is 3.52. The van der Waals surface area contributed by atoms with Crippen LogP contribution >= 0.6 is 0 Å². The minimum absolute atomic E-state index is 0.618. The van der Waals surface area contributed by atoms with Gasteiger partial charge in [0.1, 0.15) is 16.7 Å². The highest BCUT2D eigenvalue weighted by Crippen LogP contribution is 2.34. The Bertz CT molecular complexity index is 1810. The van der Waals surface area contributed by atoms with Gasteiger partial charge < -0.3 is 14.2 Å². The second-order valence-electron chi connectivity index (χ2n) is 8.55. The van der Waals surface area contributed by atoms with Crippen LogP contribution in [-0.2, 0) is 0 Å². The van der Waals surface area contributed by atoms with E-state index in [0.717, 1.165) is 61.1 Å². The number of fused-ring (bicyclic) bond motifs is 4. The highest BCUT2D eigenvalue weighted by Gasteiger charge is 2.12. The van der Waals surface area contributed by atoms with Crippen LogP contribution in [0.25, 0.3) is 55.6 Å². The highest BCUT2D eigenvalue weighted by atomic mass is 16.3. The minimum Gasteiger partial charge on any atom is -0.456 e. The fraction of sp³-hybridized carbons (Fsp3) is 0. The zero-order valence-electron chi connectivity index (χ0n) is 18.7. The Morgan fingerprint density at radius 2 is 1.31 bits per heavy atom. The molecule has 1 N–H and O–H groups in total. The first-order chi connectivity index (χ1) is 17.3. The van der Waals surface area contributed by atoms with Gasteiger partial charge in [-0.25, -0.2) is 4.98 Å². The first kappa shape index (κ1) is 19.6. The number of anilines is 2. The minimum atomic E-state index is 0.618. The van der Waals surface area contributed by atoms with Crippen molar-refractivity contribution in [1.29, 1.82) is 0 Å². The molecule has 166 valence electrons. The van der Waals surface area contributed by atoms with E-state index in [4.69, 9.17) is 8.83 Å². The molecule has 0 bridgehead atoms. The molecule has 0 fully saturated rings. The first-order valence-corrected chi connectivity index (χ1v) is 11.6. The van der Waals surface area contributed by atoms with Crippen molar-refractivity contribution in [2.24, 2.45) is 0 Å². The van der Waals surface area contributed by atoms with Crippen LogP contribution < -0.4 is 5.32 Å². The van der Waals surface area contributed by atoms with Crippen molar-refractivity contribution in [3.8, 4) is 22.6 Å². The number of aromatic nitrogens is 1. The number of para-hydroxylation sites is 2. The van der Waals surface area contributed by atoms with Crippen molar-refractivity contribution in [2.45, 2.75) is 0 Å². The van der Waals surface area contributed by atoms with Gasteiger partial charge in [-0.3, -0.25) is 0 Å². The lowest BCUT2D eigenvalue weighted by molar-refractivity contribution is 0.621. The lowest BCUT2D eigenvalue weighted by atomic mass is 10.0. The summed E-state index contributed by atoms with van der Waals surface area (Å²) in [7, 11) is 0. The smallest absolute Gasteiger partial charge is 0.227 e. The normalized spacial score (nSPS) is 11.4. The Hall–Kier alpha value is -4.83. The number of hydrogen-bond donors (Lipinski definition) is 1. The summed E-state index contributed by atoms with van der Waals surface area (Å²) < 4.78 is 12.1. The molecule has 2 aromatic heterocycles. The van der Waals surface area contributed by atoms with Gasteiger partial charge in [0.2, 0.25) is 5.89 Å². The molecule has 5 aromatic carbocycles. The number of benzene rings is 5. The Morgan fingerprint density at radius 3 is 2.20 bits per heavy atom. The van der Waals surface area contributed by atoms with Crippen molar-refractivity contribution in [3.05, 3.63) is 115 Å². The number of nitrogens with zero attached hydrogens (tertiary/aromatic N) is 1. The molecule has 7 rings (SSSR count).